The van der Waals surface area contributed by atoms with E-state index in [1.54, 1.807) is 86.7 Å². The average Bonchev–Trinajstić information content (AvgIpc) is 0.842. The Morgan fingerprint density at radius 3 is 1.02 bits per heavy atom. The van der Waals surface area contributed by atoms with E-state index < -0.39 is 98.1 Å². The monoisotopic (exact) mass is 1860 g/mol. The first kappa shape index (κ1) is 104. The van der Waals surface area contributed by atoms with Crippen molar-refractivity contribution < 1.29 is 83.4 Å². The second-order valence-electron chi connectivity index (χ2n) is 28.5. The maximum Gasteiger partial charge on any atom is 0.194 e. The molecule has 10 aromatic rings. The third-order valence-electron chi connectivity index (χ3n) is 16.2. The second kappa shape index (κ2) is 51.1. The summed E-state index contributed by atoms with van der Waals surface area (Å²) in [4.78, 5) is 0. The molecule has 113 heavy (non-hydrogen) atoms. The first-order chi connectivity index (χ1) is 52.4. The van der Waals surface area contributed by atoms with Gasteiger partial charge in [0.15, 0.2) is 40.7 Å². The fourth-order valence-corrected chi connectivity index (χ4v) is 11.1. The average molecular weight is 1860 g/mol. The fourth-order valence-electron chi connectivity index (χ4n) is 9.60. The van der Waals surface area contributed by atoms with E-state index in [0.29, 0.717) is 51.8 Å². The van der Waals surface area contributed by atoms with Crippen LogP contribution in [0.1, 0.15) is 253 Å². The molecule has 0 aliphatic carbocycles. The van der Waals surface area contributed by atoms with Crippen molar-refractivity contribution >= 4 is 68.4 Å². The van der Waals surface area contributed by atoms with Crippen molar-refractivity contribution in [3.8, 4) is 0 Å². The molecule has 0 unspecified atom stereocenters. The van der Waals surface area contributed by atoms with Crippen molar-refractivity contribution in [3.63, 3.8) is 0 Å². The molecule has 0 nitrogen and oxygen atoms in total. The predicted molar refractivity (Wildman–Crippen MR) is 440 cm³/mol. The zero-order chi connectivity index (χ0) is 86.9. The Bertz CT molecular complexity index is 4310. The van der Waals surface area contributed by atoms with Gasteiger partial charge in [-0.15, -0.1) is 0 Å². The summed E-state index contributed by atoms with van der Waals surface area (Å²) in [5.74, 6) is -11.8. The van der Waals surface area contributed by atoms with Gasteiger partial charge in [0.25, 0.3) is 0 Å². The Morgan fingerprint density at radius 1 is 0.221 bits per heavy atom. The summed E-state index contributed by atoms with van der Waals surface area (Å²) in [6.45, 7) is 37.6. The van der Waals surface area contributed by atoms with Crippen LogP contribution in [0.25, 0.3) is 0 Å². The standard InChI is InChI=1S/C9H9ClF2.C9H10ClF.2C9H9F3.C9H9F2I.3C9H10F2.C9H10FI.C9H11F/c1-5(2)6-3-4-7(11)8(10)9(6)12;1-6(2)7-4-3-5-8(10)9(7)11;1-5(2)9-7(11)3-6(10)4-8(9)12;2*1-5(2)6-3-4-7(10)9(12)8(6)11;1-6(2)8-4-3-7(10)5-9(8)11;1-6(2)7-3-4-8(10)9(11)5-7;1-6(2)7-4-3-5-8(10)9(7)11;1-6(2)7-3-8(10)5-9(11)4-7;1-7(2)8-3-5-9(10)6-4-8/h3-5H,1-2H3;3-6H,1-2H3;3*3-5H,1-2H3;4*3-6H,1-2H3;3-7H,1-2H3. The van der Waals surface area contributed by atoms with Crippen LogP contribution in [-0.4, -0.2) is 0 Å². The zero-order valence-electron chi connectivity index (χ0n) is 66.6. The summed E-state index contributed by atoms with van der Waals surface area (Å²) in [5, 5.41) is -0.211. The fraction of sp³-hybridized carbons (Fsp3) is 0.333. The summed E-state index contributed by atoms with van der Waals surface area (Å²) in [6, 6.07) is 37.7. The highest BCUT2D eigenvalue weighted by Crippen LogP contribution is 2.31. The molecule has 0 fully saturated rings. The van der Waals surface area contributed by atoms with Crippen molar-refractivity contribution in [3.05, 3.63) is 347 Å². The smallest absolute Gasteiger partial charge is 0.194 e. The summed E-state index contributed by atoms with van der Waals surface area (Å²) in [7, 11) is 0. The Labute approximate surface area is 691 Å². The van der Waals surface area contributed by atoms with E-state index in [0.717, 1.165) is 39.0 Å². The summed E-state index contributed by atoms with van der Waals surface area (Å²) < 4.78 is 243. The van der Waals surface area contributed by atoms with Gasteiger partial charge in [-0.05, 0) is 233 Å². The van der Waals surface area contributed by atoms with Crippen molar-refractivity contribution in [1.29, 1.82) is 0 Å². The molecule has 0 radical (unpaired) electrons. The van der Waals surface area contributed by atoms with E-state index in [1.807, 2.05) is 101 Å². The maximum atomic E-state index is 13.3. The molecule has 23 heteroatoms. The van der Waals surface area contributed by atoms with Crippen LogP contribution in [0.5, 0.6) is 0 Å². The van der Waals surface area contributed by atoms with E-state index in [1.165, 1.54) is 78.4 Å². The van der Waals surface area contributed by atoms with Crippen LogP contribution in [-0.2, 0) is 0 Å². The summed E-state index contributed by atoms with van der Waals surface area (Å²) >= 11 is 14.8. The zero-order valence-corrected chi connectivity index (χ0v) is 72.4. The third-order valence-corrected chi connectivity index (χ3v) is 18.4. The lowest BCUT2D eigenvalue weighted by Gasteiger charge is -2.07. The van der Waals surface area contributed by atoms with Crippen LogP contribution in [0, 0.1) is 118 Å². The van der Waals surface area contributed by atoms with E-state index >= 15 is 0 Å². The van der Waals surface area contributed by atoms with Gasteiger partial charge in [-0.1, -0.05) is 228 Å². The van der Waals surface area contributed by atoms with Gasteiger partial charge in [0.2, 0.25) is 0 Å². The molecule has 0 amide bonds. The Hall–Kier alpha value is -7.09. The lowest BCUT2D eigenvalue weighted by molar-refractivity contribution is 0.438. The molecule has 0 atom stereocenters. The van der Waals surface area contributed by atoms with Gasteiger partial charge in [-0.2, -0.15) is 0 Å². The van der Waals surface area contributed by atoms with Gasteiger partial charge in [-0.3, -0.25) is 0 Å². The van der Waals surface area contributed by atoms with Crippen LogP contribution in [0.2, 0.25) is 10.0 Å². The van der Waals surface area contributed by atoms with Crippen LogP contribution in [0.15, 0.2) is 164 Å². The minimum Gasteiger partial charge on any atom is -0.207 e. The van der Waals surface area contributed by atoms with Gasteiger partial charge in [0.05, 0.1) is 8.59 Å². The number of halogens is 23. The number of rotatable bonds is 10. The molecular formula is C90H97Cl2F19I2. The van der Waals surface area contributed by atoms with Crippen molar-refractivity contribution in [1.82, 2.24) is 0 Å². The number of hydrogen-bond acceptors (Lipinski definition) is 0. The molecule has 0 saturated heterocycles. The highest BCUT2D eigenvalue weighted by Gasteiger charge is 2.19. The molecule has 0 saturated carbocycles. The number of hydrogen-bond donors (Lipinski definition) is 0. The molecule has 0 bridgehead atoms. The normalized spacial score (nSPS) is 10.7. The van der Waals surface area contributed by atoms with Crippen molar-refractivity contribution in [2.75, 3.05) is 0 Å². The topological polar surface area (TPSA) is 0 Å². The van der Waals surface area contributed by atoms with Gasteiger partial charge in [0.1, 0.15) is 74.8 Å². The maximum absolute atomic E-state index is 13.3. The van der Waals surface area contributed by atoms with Crippen LogP contribution in [0.3, 0.4) is 0 Å². The van der Waals surface area contributed by atoms with Crippen molar-refractivity contribution in [2.24, 2.45) is 0 Å². The highest BCUT2D eigenvalue weighted by molar-refractivity contribution is 14.1. The Morgan fingerprint density at radius 2 is 0.593 bits per heavy atom. The van der Waals surface area contributed by atoms with Gasteiger partial charge in [0, 0.05) is 27.3 Å². The second-order valence-corrected chi connectivity index (χ2v) is 31.6. The molecular weight excluding hydrogens is 1770 g/mol. The Balaban J connectivity index is 0.000000628. The van der Waals surface area contributed by atoms with Crippen LogP contribution in [0.4, 0.5) is 83.4 Å². The van der Waals surface area contributed by atoms with Gasteiger partial charge < -0.3 is 0 Å². The molecule has 0 aliphatic rings. The summed E-state index contributed by atoms with van der Waals surface area (Å²) in [6.07, 6.45) is 0. The lowest BCUT2D eigenvalue weighted by atomic mass is 10.0. The molecule has 0 aliphatic heterocycles. The van der Waals surface area contributed by atoms with Crippen molar-refractivity contribution in [2.45, 2.75) is 198 Å². The van der Waals surface area contributed by atoms with E-state index in [4.69, 9.17) is 23.2 Å². The van der Waals surface area contributed by atoms with E-state index in [9.17, 15) is 83.4 Å². The van der Waals surface area contributed by atoms with Gasteiger partial charge in [-0.25, -0.2) is 83.4 Å². The third kappa shape index (κ3) is 35.9. The molecule has 618 valence electrons. The molecule has 0 spiro atoms. The molecule has 10 aromatic carbocycles. The van der Waals surface area contributed by atoms with Crippen LogP contribution < -0.4 is 0 Å². The summed E-state index contributed by atoms with van der Waals surface area (Å²) in [5.41, 5.74) is 5.90. The van der Waals surface area contributed by atoms with Gasteiger partial charge >= 0.3 is 0 Å². The highest BCUT2D eigenvalue weighted by atomic mass is 127. The molecule has 0 N–H and O–H groups in total. The minimum absolute atomic E-state index is 0.0168. The van der Waals surface area contributed by atoms with Crippen LogP contribution >= 0.6 is 68.4 Å². The first-order valence-electron chi connectivity index (χ1n) is 35.9. The SMILES string of the molecule is CC(C)c1c(F)cc(F)cc1F.CC(C)c1cc(F)cc(I)c1.CC(C)c1ccc(F)c(Cl)c1F.CC(C)c1ccc(F)c(F)c1.CC(C)c1ccc(F)c(F)c1F.CC(C)c1ccc(F)c(I)c1F.CC(C)c1ccc(F)cc1.CC(C)c1ccc(F)cc1F.CC(C)c1cccc(Cl)c1F.CC(C)c1cccc(F)c1F. The molecule has 0 heterocycles. The Kier molecular flexibility index (Phi) is 47.0. The quantitative estimate of drug-likeness (QED) is 0.0727. The molecule has 10 rings (SSSR count). The first-order valence-corrected chi connectivity index (χ1v) is 38.8. The van der Waals surface area contributed by atoms with E-state index in [2.05, 4.69) is 50.3 Å². The predicted octanol–water partition coefficient (Wildman–Crippen LogP) is 33.3. The van der Waals surface area contributed by atoms with E-state index in [-0.39, 0.29) is 84.5 Å². The number of benzene rings is 10. The minimum atomic E-state index is -1.39. The lowest BCUT2D eigenvalue weighted by Crippen LogP contribution is -1.98. The molecule has 0 aromatic heterocycles. The largest absolute Gasteiger partial charge is 0.207 e.